The normalized spacial score (nSPS) is 34.0. The monoisotopic (exact) mass is 247 g/mol. The lowest BCUT2D eigenvalue weighted by molar-refractivity contribution is -0.151. The standard InChI is InChI=1S/C11H17NO3.ClH/c13-9-7-11(5-6-12-9)4-2-1-3-8(11)10(14)15;/h8H,1-7H2,(H,12,13)(H,14,15);1H. The molecule has 1 aliphatic carbocycles. The molecule has 92 valence electrons. The highest BCUT2D eigenvalue weighted by Gasteiger charge is 2.47. The number of carbonyl (C=O) groups is 2. The lowest BCUT2D eigenvalue weighted by Gasteiger charge is -2.44. The van der Waals surface area contributed by atoms with Crippen LogP contribution in [0.3, 0.4) is 0 Å². The van der Waals surface area contributed by atoms with Gasteiger partial charge in [0.05, 0.1) is 5.92 Å². The van der Waals surface area contributed by atoms with Gasteiger partial charge in [0.15, 0.2) is 0 Å². The van der Waals surface area contributed by atoms with Crippen LogP contribution in [0.5, 0.6) is 0 Å². The third kappa shape index (κ3) is 2.32. The number of carboxylic acids is 1. The summed E-state index contributed by atoms with van der Waals surface area (Å²) in [6.07, 6.45) is 4.93. The third-order valence-electron chi connectivity index (χ3n) is 3.91. The summed E-state index contributed by atoms with van der Waals surface area (Å²) in [5.74, 6) is -1.00. The number of amides is 1. The molecule has 2 fully saturated rings. The molecule has 0 aromatic carbocycles. The number of aliphatic carboxylic acids is 1. The van der Waals surface area contributed by atoms with E-state index in [2.05, 4.69) is 5.32 Å². The van der Waals surface area contributed by atoms with Crippen LogP contribution in [-0.2, 0) is 9.59 Å². The van der Waals surface area contributed by atoms with Gasteiger partial charge in [-0.25, -0.2) is 0 Å². The molecule has 2 atom stereocenters. The number of piperidine rings is 1. The number of carbonyl (C=O) groups excluding carboxylic acids is 1. The Labute approximate surface area is 101 Å². The Morgan fingerprint density at radius 2 is 2.12 bits per heavy atom. The lowest BCUT2D eigenvalue weighted by Crippen LogP contribution is -2.48. The summed E-state index contributed by atoms with van der Waals surface area (Å²) >= 11 is 0. The Morgan fingerprint density at radius 1 is 1.38 bits per heavy atom. The molecule has 0 bridgehead atoms. The minimum atomic E-state index is -0.718. The predicted octanol–water partition coefficient (Wildman–Crippen LogP) is 1.58. The summed E-state index contributed by atoms with van der Waals surface area (Å²) < 4.78 is 0. The summed E-state index contributed by atoms with van der Waals surface area (Å²) in [4.78, 5) is 22.6. The number of hydrogen-bond donors (Lipinski definition) is 2. The maximum atomic E-state index is 11.4. The number of hydrogen-bond acceptors (Lipinski definition) is 2. The maximum absolute atomic E-state index is 11.4. The van der Waals surface area contributed by atoms with Crippen LogP contribution in [0.25, 0.3) is 0 Å². The van der Waals surface area contributed by atoms with Crippen molar-refractivity contribution in [2.45, 2.75) is 38.5 Å². The summed E-state index contributed by atoms with van der Waals surface area (Å²) in [5, 5.41) is 12.0. The van der Waals surface area contributed by atoms with Crippen molar-refractivity contribution in [3.05, 3.63) is 0 Å². The van der Waals surface area contributed by atoms with Crippen LogP contribution in [0, 0.1) is 11.3 Å². The van der Waals surface area contributed by atoms with Crippen molar-refractivity contribution in [2.75, 3.05) is 6.54 Å². The van der Waals surface area contributed by atoms with Crippen LogP contribution in [-0.4, -0.2) is 23.5 Å². The molecule has 1 heterocycles. The maximum Gasteiger partial charge on any atom is 0.307 e. The van der Waals surface area contributed by atoms with Crippen LogP contribution in [0.1, 0.15) is 38.5 Å². The van der Waals surface area contributed by atoms with Gasteiger partial charge in [0.2, 0.25) is 5.91 Å². The molecule has 0 aromatic heterocycles. The van der Waals surface area contributed by atoms with E-state index in [1.807, 2.05) is 0 Å². The van der Waals surface area contributed by atoms with Gasteiger partial charge in [-0.1, -0.05) is 12.8 Å². The molecular weight excluding hydrogens is 230 g/mol. The fourth-order valence-electron chi connectivity index (χ4n) is 3.12. The van der Waals surface area contributed by atoms with Crippen LogP contribution in [0.2, 0.25) is 0 Å². The molecule has 1 spiro atoms. The van der Waals surface area contributed by atoms with Gasteiger partial charge in [0.1, 0.15) is 0 Å². The molecule has 1 amide bonds. The molecule has 2 unspecified atom stereocenters. The zero-order valence-electron chi connectivity index (χ0n) is 9.20. The summed E-state index contributed by atoms with van der Waals surface area (Å²) in [5.41, 5.74) is -0.244. The van der Waals surface area contributed by atoms with Crippen LogP contribution in [0.15, 0.2) is 0 Å². The minimum absolute atomic E-state index is 0. The zero-order chi connectivity index (χ0) is 10.9. The van der Waals surface area contributed by atoms with Crippen molar-refractivity contribution in [1.29, 1.82) is 0 Å². The highest BCUT2D eigenvalue weighted by molar-refractivity contribution is 5.85. The summed E-state index contributed by atoms with van der Waals surface area (Å²) in [7, 11) is 0. The number of nitrogens with one attached hydrogen (secondary N) is 1. The first-order valence-electron chi connectivity index (χ1n) is 5.64. The zero-order valence-corrected chi connectivity index (χ0v) is 10.0. The molecule has 1 aliphatic heterocycles. The molecule has 2 aliphatic rings. The fraction of sp³-hybridized carbons (Fsp3) is 0.818. The van der Waals surface area contributed by atoms with Gasteiger partial charge >= 0.3 is 5.97 Å². The van der Waals surface area contributed by atoms with Crippen molar-refractivity contribution >= 4 is 24.3 Å². The predicted molar refractivity (Wildman–Crippen MR) is 61.5 cm³/mol. The Kier molecular flexibility index (Phi) is 4.19. The summed E-state index contributed by atoms with van der Waals surface area (Å²) in [6, 6.07) is 0. The molecule has 4 nitrogen and oxygen atoms in total. The van der Waals surface area contributed by atoms with E-state index >= 15 is 0 Å². The number of rotatable bonds is 1. The fourth-order valence-corrected chi connectivity index (χ4v) is 3.12. The molecule has 5 heteroatoms. The molecule has 2 N–H and O–H groups in total. The Bertz CT molecular complexity index is 291. The smallest absolute Gasteiger partial charge is 0.307 e. The van der Waals surface area contributed by atoms with Gasteiger partial charge in [0.25, 0.3) is 0 Å². The second-order valence-corrected chi connectivity index (χ2v) is 4.78. The SMILES string of the molecule is Cl.O=C1CC2(CCCCC2C(=O)O)CCN1. The quantitative estimate of drug-likeness (QED) is 0.739. The van der Waals surface area contributed by atoms with Crippen molar-refractivity contribution in [2.24, 2.45) is 11.3 Å². The van der Waals surface area contributed by atoms with Crippen LogP contribution in [0.4, 0.5) is 0 Å². The molecule has 1 saturated carbocycles. The van der Waals surface area contributed by atoms with Gasteiger partial charge in [-0.2, -0.15) is 0 Å². The number of halogens is 1. The first-order chi connectivity index (χ1) is 7.14. The first-order valence-corrected chi connectivity index (χ1v) is 5.64. The number of carboxylic acid groups (broad SMARTS) is 1. The van der Waals surface area contributed by atoms with E-state index in [0.717, 1.165) is 32.1 Å². The Morgan fingerprint density at radius 3 is 2.75 bits per heavy atom. The molecule has 0 aromatic rings. The van der Waals surface area contributed by atoms with E-state index in [-0.39, 0.29) is 29.6 Å². The van der Waals surface area contributed by atoms with Crippen LogP contribution < -0.4 is 5.32 Å². The highest BCUT2D eigenvalue weighted by Crippen LogP contribution is 2.47. The van der Waals surface area contributed by atoms with Crippen LogP contribution >= 0.6 is 12.4 Å². The third-order valence-corrected chi connectivity index (χ3v) is 3.91. The molecule has 0 radical (unpaired) electrons. The van der Waals surface area contributed by atoms with Gasteiger partial charge in [-0.05, 0) is 24.7 Å². The second-order valence-electron chi connectivity index (χ2n) is 4.78. The van der Waals surface area contributed by atoms with Crippen molar-refractivity contribution < 1.29 is 14.7 Å². The van der Waals surface area contributed by atoms with E-state index in [0.29, 0.717) is 13.0 Å². The van der Waals surface area contributed by atoms with Gasteiger partial charge in [-0.15, -0.1) is 12.4 Å². The molecule has 2 rings (SSSR count). The lowest BCUT2D eigenvalue weighted by atomic mass is 9.61. The second kappa shape index (κ2) is 5.04. The molecular formula is C11H18ClNO3. The van der Waals surface area contributed by atoms with E-state index < -0.39 is 5.97 Å². The van der Waals surface area contributed by atoms with Crippen molar-refractivity contribution in [1.82, 2.24) is 5.32 Å². The molecule has 1 saturated heterocycles. The van der Waals surface area contributed by atoms with E-state index in [4.69, 9.17) is 0 Å². The largest absolute Gasteiger partial charge is 0.481 e. The van der Waals surface area contributed by atoms with E-state index in [9.17, 15) is 14.7 Å². The molecule has 16 heavy (non-hydrogen) atoms. The average Bonchev–Trinajstić information content (AvgIpc) is 2.17. The summed E-state index contributed by atoms with van der Waals surface area (Å²) in [6.45, 7) is 0.641. The van der Waals surface area contributed by atoms with Gasteiger partial charge in [-0.3, -0.25) is 9.59 Å². The topological polar surface area (TPSA) is 66.4 Å². The van der Waals surface area contributed by atoms with Crippen molar-refractivity contribution in [3.63, 3.8) is 0 Å². The first kappa shape index (κ1) is 13.3. The van der Waals surface area contributed by atoms with E-state index in [1.54, 1.807) is 0 Å². The highest BCUT2D eigenvalue weighted by atomic mass is 35.5. The average molecular weight is 248 g/mol. The van der Waals surface area contributed by atoms with Crippen molar-refractivity contribution in [3.8, 4) is 0 Å². The van der Waals surface area contributed by atoms with Gasteiger partial charge in [0, 0.05) is 13.0 Å². The minimum Gasteiger partial charge on any atom is -0.481 e. The Hall–Kier alpha value is -0.770. The van der Waals surface area contributed by atoms with E-state index in [1.165, 1.54) is 0 Å². The Balaban J connectivity index is 0.00000128. The van der Waals surface area contributed by atoms with Gasteiger partial charge < -0.3 is 10.4 Å².